The van der Waals surface area contributed by atoms with Crippen LogP contribution in [0, 0.1) is 0 Å². The third-order valence-corrected chi connectivity index (χ3v) is 4.59. The average Bonchev–Trinajstić information content (AvgIpc) is 2.41. The highest BCUT2D eigenvalue weighted by Crippen LogP contribution is 2.32. The van der Waals surface area contributed by atoms with Crippen molar-refractivity contribution < 1.29 is 0 Å². The van der Waals surface area contributed by atoms with E-state index in [1.165, 1.54) is 51.6 Å². The second-order valence-electron chi connectivity index (χ2n) is 6.17. The van der Waals surface area contributed by atoms with Gasteiger partial charge in [-0.1, -0.05) is 19.3 Å². The molecule has 0 aromatic rings. The van der Waals surface area contributed by atoms with Crippen LogP contribution < -0.4 is 5.32 Å². The number of hydrogen-bond donors (Lipinski definition) is 1. The highest BCUT2D eigenvalue weighted by molar-refractivity contribution is 4.97. The van der Waals surface area contributed by atoms with Gasteiger partial charge in [0.05, 0.1) is 0 Å². The van der Waals surface area contributed by atoms with E-state index in [0.29, 0.717) is 11.6 Å². The highest BCUT2D eigenvalue weighted by Gasteiger charge is 2.37. The van der Waals surface area contributed by atoms with E-state index in [2.05, 4.69) is 31.0 Å². The molecule has 94 valence electrons. The fourth-order valence-corrected chi connectivity index (χ4v) is 3.53. The van der Waals surface area contributed by atoms with Crippen LogP contribution in [0.5, 0.6) is 0 Å². The molecule has 1 unspecified atom stereocenters. The van der Waals surface area contributed by atoms with Crippen molar-refractivity contribution in [3.63, 3.8) is 0 Å². The van der Waals surface area contributed by atoms with Gasteiger partial charge in [-0.2, -0.15) is 0 Å². The van der Waals surface area contributed by atoms with E-state index in [1.807, 2.05) is 0 Å². The molecule has 2 fully saturated rings. The van der Waals surface area contributed by atoms with Gasteiger partial charge >= 0.3 is 0 Å². The molecule has 1 aliphatic heterocycles. The van der Waals surface area contributed by atoms with Gasteiger partial charge in [-0.25, -0.2) is 0 Å². The lowest BCUT2D eigenvalue weighted by Crippen LogP contribution is -2.54. The van der Waals surface area contributed by atoms with Crippen molar-refractivity contribution in [2.45, 2.75) is 76.9 Å². The molecule has 1 saturated carbocycles. The summed E-state index contributed by atoms with van der Waals surface area (Å²) in [6.45, 7) is 9.57. The third kappa shape index (κ3) is 2.60. The van der Waals surface area contributed by atoms with E-state index in [0.717, 1.165) is 6.04 Å². The monoisotopic (exact) mass is 224 g/mol. The molecule has 1 saturated heterocycles. The van der Waals surface area contributed by atoms with Crippen molar-refractivity contribution >= 4 is 0 Å². The van der Waals surface area contributed by atoms with Crippen molar-refractivity contribution in [1.82, 2.24) is 10.2 Å². The van der Waals surface area contributed by atoms with E-state index in [1.54, 1.807) is 0 Å². The van der Waals surface area contributed by atoms with Crippen LogP contribution in [-0.4, -0.2) is 35.6 Å². The molecule has 2 heteroatoms. The largest absolute Gasteiger partial charge is 0.310 e. The summed E-state index contributed by atoms with van der Waals surface area (Å²) in [5, 5.41) is 3.87. The number of hydrogen-bond acceptors (Lipinski definition) is 2. The summed E-state index contributed by atoms with van der Waals surface area (Å²) in [7, 11) is 0. The maximum atomic E-state index is 3.87. The summed E-state index contributed by atoms with van der Waals surface area (Å²) in [4.78, 5) is 2.71. The molecule has 0 aromatic heterocycles. The topological polar surface area (TPSA) is 15.3 Å². The third-order valence-electron chi connectivity index (χ3n) is 4.59. The van der Waals surface area contributed by atoms with Crippen LogP contribution in [0.25, 0.3) is 0 Å². The zero-order valence-electron chi connectivity index (χ0n) is 11.3. The molecule has 2 nitrogen and oxygen atoms in total. The summed E-state index contributed by atoms with van der Waals surface area (Å²) in [5.74, 6) is 0. The van der Waals surface area contributed by atoms with E-state index in [9.17, 15) is 0 Å². The van der Waals surface area contributed by atoms with Crippen LogP contribution in [-0.2, 0) is 0 Å². The first-order valence-corrected chi connectivity index (χ1v) is 7.14. The minimum Gasteiger partial charge on any atom is -0.310 e. The minimum atomic E-state index is 0.452. The molecule has 1 spiro atoms. The molecule has 2 aliphatic rings. The summed E-state index contributed by atoms with van der Waals surface area (Å²) in [6.07, 6.45) is 8.38. The van der Waals surface area contributed by atoms with Gasteiger partial charge in [0.2, 0.25) is 0 Å². The minimum absolute atomic E-state index is 0.452. The molecule has 0 radical (unpaired) electrons. The molecular formula is C14H28N2. The molecular weight excluding hydrogens is 196 g/mol. The second-order valence-corrected chi connectivity index (χ2v) is 6.17. The van der Waals surface area contributed by atoms with Gasteiger partial charge < -0.3 is 5.32 Å². The van der Waals surface area contributed by atoms with Crippen molar-refractivity contribution in [3.8, 4) is 0 Å². The Bertz CT molecular complexity index is 219. The first-order valence-electron chi connectivity index (χ1n) is 7.14. The summed E-state index contributed by atoms with van der Waals surface area (Å²) in [5.41, 5.74) is 0.452. The smallest absolute Gasteiger partial charge is 0.0309 e. The zero-order valence-corrected chi connectivity index (χ0v) is 11.3. The molecule has 1 heterocycles. The molecule has 2 rings (SSSR count). The Kier molecular flexibility index (Phi) is 3.91. The summed E-state index contributed by atoms with van der Waals surface area (Å²) >= 11 is 0. The van der Waals surface area contributed by atoms with Gasteiger partial charge in [0.15, 0.2) is 0 Å². The molecule has 1 atom stereocenters. The van der Waals surface area contributed by atoms with Gasteiger partial charge in [0.1, 0.15) is 0 Å². The van der Waals surface area contributed by atoms with Gasteiger partial charge in [-0.15, -0.1) is 0 Å². The summed E-state index contributed by atoms with van der Waals surface area (Å²) in [6, 6.07) is 1.43. The van der Waals surface area contributed by atoms with Gasteiger partial charge in [0, 0.05) is 24.2 Å². The van der Waals surface area contributed by atoms with Crippen LogP contribution in [0.15, 0.2) is 0 Å². The Morgan fingerprint density at radius 1 is 1.19 bits per heavy atom. The van der Waals surface area contributed by atoms with E-state index in [4.69, 9.17) is 0 Å². The van der Waals surface area contributed by atoms with Gasteiger partial charge in [0.25, 0.3) is 0 Å². The van der Waals surface area contributed by atoms with Crippen LogP contribution >= 0.6 is 0 Å². The number of nitrogens with one attached hydrogen (secondary N) is 1. The maximum absolute atomic E-state index is 3.87. The normalized spacial score (nSPS) is 31.9. The van der Waals surface area contributed by atoms with E-state index < -0.39 is 0 Å². The lowest BCUT2D eigenvalue weighted by Gasteiger charge is -2.42. The summed E-state index contributed by atoms with van der Waals surface area (Å²) < 4.78 is 0. The fraction of sp³-hybridized carbons (Fsp3) is 1.00. The van der Waals surface area contributed by atoms with Gasteiger partial charge in [-0.3, -0.25) is 4.90 Å². The molecule has 0 amide bonds. The first-order chi connectivity index (χ1) is 7.63. The maximum Gasteiger partial charge on any atom is 0.0309 e. The van der Waals surface area contributed by atoms with Crippen LogP contribution in [0.3, 0.4) is 0 Å². The van der Waals surface area contributed by atoms with Crippen LogP contribution in [0.4, 0.5) is 0 Å². The predicted molar refractivity (Wildman–Crippen MR) is 69.7 cm³/mol. The Morgan fingerprint density at radius 2 is 1.88 bits per heavy atom. The van der Waals surface area contributed by atoms with Crippen LogP contribution in [0.1, 0.15) is 59.3 Å². The van der Waals surface area contributed by atoms with Gasteiger partial charge in [-0.05, 0) is 46.6 Å². The average molecular weight is 224 g/mol. The predicted octanol–water partition coefficient (Wildman–Crippen LogP) is 2.78. The Balaban J connectivity index is 2.09. The lowest BCUT2D eigenvalue weighted by atomic mass is 9.81. The highest BCUT2D eigenvalue weighted by atomic mass is 15.2. The molecule has 1 aliphatic carbocycles. The number of nitrogens with zero attached hydrogens (tertiary/aromatic N) is 1. The van der Waals surface area contributed by atoms with Crippen molar-refractivity contribution in [2.75, 3.05) is 13.1 Å². The van der Waals surface area contributed by atoms with Crippen molar-refractivity contribution in [3.05, 3.63) is 0 Å². The van der Waals surface area contributed by atoms with Crippen molar-refractivity contribution in [2.24, 2.45) is 0 Å². The molecule has 0 aromatic carbocycles. The number of rotatable bonds is 1. The van der Waals surface area contributed by atoms with Crippen LogP contribution in [0.2, 0.25) is 0 Å². The molecule has 16 heavy (non-hydrogen) atoms. The van der Waals surface area contributed by atoms with E-state index in [-0.39, 0.29) is 0 Å². The SMILES string of the molecule is CC(C)N1CC2(CCCCC2)NCCC1C. The lowest BCUT2D eigenvalue weighted by molar-refractivity contribution is 0.110. The Morgan fingerprint density at radius 3 is 2.50 bits per heavy atom. The quantitative estimate of drug-likeness (QED) is 0.737. The zero-order chi connectivity index (χ0) is 11.6. The fourth-order valence-electron chi connectivity index (χ4n) is 3.53. The molecule has 1 N–H and O–H groups in total. The Hall–Kier alpha value is -0.0800. The molecule has 0 bridgehead atoms. The van der Waals surface area contributed by atoms with Crippen molar-refractivity contribution in [1.29, 1.82) is 0 Å². The second kappa shape index (κ2) is 5.05. The Labute approximate surface area is 101 Å². The first kappa shape index (κ1) is 12.4. The standard InChI is InChI=1S/C14H28N2/c1-12(2)16-11-14(8-5-4-6-9-14)15-10-7-13(16)3/h12-13,15H,4-11H2,1-3H3. The van der Waals surface area contributed by atoms with E-state index >= 15 is 0 Å².